The second-order valence-corrected chi connectivity index (χ2v) is 10.8. The van der Waals surface area contributed by atoms with E-state index < -0.39 is 53.7 Å². The molecule has 3 atom stereocenters. The fourth-order valence-corrected chi connectivity index (χ4v) is 5.91. The second kappa shape index (κ2) is 10.5. The molecule has 2 amide bonds. The number of hydrogen-bond donors (Lipinski definition) is 2. The molecule has 1 saturated carbocycles. The molecule has 7 nitrogen and oxygen atoms in total. The Kier molecular flexibility index (Phi) is 6.98. The minimum atomic E-state index is -4.67. The fourth-order valence-electron chi connectivity index (χ4n) is 5.91. The maximum Gasteiger partial charge on any atom is 0.435 e. The van der Waals surface area contributed by atoms with E-state index in [0.717, 1.165) is 22.9 Å². The van der Waals surface area contributed by atoms with Crippen molar-refractivity contribution in [1.82, 2.24) is 20.1 Å². The van der Waals surface area contributed by atoms with Crippen molar-refractivity contribution in [1.29, 1.82) is 0 Å². The predicted octanol–water partition coefficient (Wildman–Crippen LogP) is 5.24. The zero-order valence-corrected chi connectivity index (χ0v) is 22.3. The highest BCUT2D eigenvalue weighted by molar-refractivity contribution is 5.94. The monoisotopic (exact) mass is 599 g/mol. The second-order valence-electron chi connectivity index (χ2n) is 10.8. The molecular formula is C30H23F6N5O2. The standard InChI is InChI=1S/C30H23F6N5O2/c31-17-6-14(7-18(32)12-17)8-23(27-19(2-1-5-38-27)15-3-4-22(33)21(9-15)29(37)43)39-25(42)13-41-24-11-16-10-20(16)26(24)28(40-41)30(34,35)36/h1-7,9,12,16,20,23H,8,10-11,13H2,(H2,37,43)(H,39,42)/t16?,20-,23-/m0/s1. The number of aromatic nitrogens is 3. The van der Waals surface area contributed by atoms with Crippen molar-refractivity contribution in [3.63, 3.8) is 0 Å². The summed E-state index contributed by atoms with van der Waals surface area (Å²) < 4.78 is 84.6. The van der Waals surface area contributed by atoms with Crippen LogP contribution in [0.1, 0.15) is 56.9 Å². The lowest BCUT2D eigenvalue weighted by atomic mass is 9.94. The third-order valence-corrected chi connectivity index (χ3v) is 7.82. The van der Waals surface area contributed by atoms with Crippen molar-refractivity contribution in [3.8, 4) is 11.1 Å². The first-order valence-corrected chi connectivity index (χ1v) is 13.3. The first kappa shape index (κ1) is 28.4. The van der Waals surface area contributed by atoms with Crippen LogP contribution in [-0.2, 0) is 30.4 Å². The van der Waals surface area contributed by atoms with Crippen molar-refractivity contribution < 1.29 is 35.9 Å². The molecule has 2 aliphatic rings. The van der Waals surface area contributed by atoms with Gasteiger partial charge in [0.05, 0.1) is 17.3 Å². The first-order valence-electron chi connectivity index (χ1n) is 13.3. The van der Waals surface area contributed by atoms with Crippen LogP contribution >= 0.6 is 0 Å². The summed E-state index contributed by atoms with van der Waals surface area (Å²) in [6.45, 7) is -0.531. The van der Waals surface area contributed by atoms with Crippen LogP contribution in [0.15, 0.2) is 54.7 Å². The Balaban J connectivity index is 1.36. The Labute approximate surface area is 240 Å². The number of amides is 2. The molecule has 6 rings (SSSR count). The number of nitrogens with two attached hydrogens (primary N) is 1. The van der Waals surface area contributed by atoms with Crippen LogP contribution < -0.4 is 11.1 Å². The summed E-state index contributed by atoms with van der Waals surface area (Å²) >= 11 is 0. The largest absolute Gasteiger partial charge is 0.435 e. The van der Waals surface area contributed by atoms with Gasteiger partial charge in [-0.3, -0.25) is 19.3 Å². The summed E-state index contributed by atoms with van der Waals surface area (Å²) in [5.74, 6) is -4.37. The van der Waals surface area contributed by atoms with Gasteiger partial charge in [-0.1, -0.05) is 12.1 Å². The SMILES string of the molecule is NC(=O)c1cc(-c2cccnc2[C@H](Cc2cc(F)cc(F)c2)NC(=O)Cn2nc(C(F)(F)F)c3c2CC2C[C@H]32)ccc1F. The van der Waals surface area contributed by atoms with E-state index in [0.29, 0.717) is 35.7 Å². The van der Waals surface area contributed by atoms with Gasteiger partial charge in [0.1, 0.15) is 24.0 Å². The Morgan fingerprint density at radius 1 is 1.07 bits per heavy atom. The van der Waals surface area contributed by atoms with Crippen LogP contribution in [0.4, 0.5) is 26.3 Å². The third kappa shape index (κ3) is 5.58. The highest BCUT2D eigenvalue weighted by Gasteiger charge is 2.53. The molecule has 0 bridgehead atoms. The van der Waals surface area contributed by atoms with Crippen LogP contribution in [0.2, 0.25) is 0 Å². The van der Waals surface area contributed by atoms with Crippen molar-refractivity contribution in [3.05, 3.63) is 106 Å². The molecule has 0 spiro atoms. The first-order chi connectivity index (χ1) is 20.4. The van der Waals surface area contributed by atoms with Crippen LogP contribution in [-0.4, -0.2) is 26.6 Å². The number of rotatable bonds is 8. The summed E-state index contributed by atoms with van der Waals surface area (Å²) in [5, 5.41) is 6.48. The predicted molar refractivity (Wildman–Crippen MR) is 141 cm³/mol. The van der Waals surface area contributed by atoms with Crippen LogP contribution in [0.5, 0.6) is 0 Å². The van der Waals surface area contributed by atoms with Gasteiger partial charge in [-0.25, -0.2) is 13.2 Å². The van der Waals surface area contributed by atoms with Gasteiger partial charge >= 0.3 is 6.18 Å². The number of hydrogen-bond acceptors (Lipinski definition) is 4. The average molecular weight is 600 g/mol. The Morgan fingerprint density at radius 2 is 1.81 bits per heavy atom. The van der Waals surface area contributed by atoms with Gasteiger partial charge in [-0.2, -0.15) is 18.3 Å². The molecule has 43 heavy (non-hydrogen) atoms. The molecule has 2 aromatic carbocycles. The maximum absolute atomic E-state index is 14.2. The van der Waals surface area contributed by atoms with E-state index in [2.05, 4.69) is 15.4 Å². The molecule has 1 fully saturated rings. The molecule has 0 aliphatic heterocycles. The summed E-state index contributed by atoms with van der Waals surface area (Å²) in [4.78, 5) is 29.5. The molecule has 3 N–H and O–H groups in total. The fraction of sp³-hybridized carbons (Fsp3) is 0.267. The van der Waals surface area contributed by atoms with E-state index in [4.69, 9.17) is 5.73 Å². The molecule has 13 heteroatoms. The van der Waals surface area contributed by atoms with Crippen LogP contribution in [0.3, 0.4) is 0 Å². The minimum Gasteiger partial charge on any atom is -0.366 e. The molecule has 222 valence electrons. The Morgan fingerprint density at radius 3 is 2.51 bits per heavy atom. The van der Waals surface area contributed by atoms with Crippen molar-refractivity contribution in [2.45, 2.75) is 43.9 Å². The highest BCUT2D eigenvalue weighted by Crippen LogP contribution is 2.59. The van der Waals surface area contributed by atoms with Crippen LogP contribution in [0.25, 0.3) is 11.1 Å². The summed E-state index contributed by atoms with van der Waals surface area (Å²) in [6, 6.07) is 8.59. The van der Waals surface area contributed by atoms with E-state index in [-0.39, 0.29) is 40.6 Å². The number of fused-ring (bicyclic) bond motifs is 3. The summed E-state index contributed by atoms with van der Waals surface area (Å²) in [6.07, 6.45) is -2.38. The van der Waals surface area contributed by atoms with Gasteiger partial charge in [0.2, 0.25) is 5.91 Å². The lowest BCUT2D eigenvalue weighted by molar-refractivity contribution is -0.142. The molecule has 0 saturated heterocycles. The smallest absolute Gasteiger partial charge is 0.366 e. The zero-order valence-electron chi connectivity index (χ0n) is 22.3. The molecular weight excluding hydrogens is 576 g/mol. The van der Waals surface area contributed by atoms with Gasteiger partial charge in [-0.15, -0.1) is 0 Å². The van der Waals surface area contributed by atoms with E-state index in [1.165, 1.54) is 18.3 Å². The summed E-state index contributed by atoms with van der Waals surface area (Å²) in [5.41, 5.74) is 5.49. The number of carbonyl (C=O) groups is 2. The topological polar surface area (TPSA) is 103 Å². The van der Waals surface area contributed by atoms with E-state index in [1.54, 1.807) is 12.1 Å². The molecule has 2 aliphatic carbocycles. The lowest BCUT2D eigenvalue weighted by Gasteiger charge is -2.22. The number of benzene rings is 2. The normalized spacial score (nSPS) is 17.7. The van der Waals surface area contributed by atoms with E-state index in [1.807, 2.05) is 0 Å². The third-order valence-electron chi connectivity index (χ3n) is 7.82. The van der Waals surface area contributed by atoms with E-state index >= 15 is 0 Å². The lowest BCUT2D eigenvalue weighted by Crippen LogP contribution is -2.34. The molecule has 0 radical (unpaired) electrons. The van der Waals surface area contributed by atoms with Crippen LogP contribution in [0, 0.1) is 23.4 Å². The van der Waals surface area contributed by atoms with E-state index in [9.17, 15) is 35.9 Å². The highest BCUT2D eigenvalue weighted by atomic mass is 19.4. The van der Waals surface area contributed by atoms with Gasteiger partial charge < -0.3 is 11.1 Å². The number of nitrogens with one attached hydrogen (secondary N) is 1. The number of primary amides is 1. The molecule has 2 heterocycles. The number of alkyl halides is 3. The van der Waals surface area contributed by atoms with Gasteiger partial charge in [0, 0.05) is 29.1 Å². The number of halogens is 6. The summed E-state index contributed by atoms with van der Waals surface area (Å²) in [7, 11) is 0. The molecule has 2 aromatic heterocycles. The maximum atomic E-state index is 14.2. The van der Waals surface area contributed by atoms with Gasteiger partial charge in [-0.05, 0) is 72.6 Å². The number of nitrogens with zero attached hydrogens (tertiary/aromatic N) is 3. The average Bonchev–Trinajstić information content (AvgIpc) is 3.45. The van der Waals surface area contributed by atoms with Crippen molar-refractivity contribution in [2.75, 3.05) is 0 Å². The van der Waals surface area contributed by atoms with Gasteiger partial charge in [0.15, 0.2) is 5.69 Å². The number of carbonyl (C=O) groups excluding carboxylic acids is 2. The molecule has 1 unspecified atom stereocenters. The molecule has 4 aromatic rings. The minimum absolute atomic E-state index is 0.108. The van der Waals surface area contributed by atoms with Crippen molar-refractivity contribution >= 4 is 11.8 Å². The Bertz CT molecular complexity index is 1750. The number of pyridine rings is 1. The Hall–Kier alpha value is -4.68. The van der Waals surface area contributed by atoms with Crippen molar-refractivity contribution in [2.24, 2.45) is 11.7 Å². The zero-order chi connectivity index (χ0) is 30.6. The van der Waals surface area contributed by atoms with Gasteiger partial charge in [0.25, 0.3) is 5.91 Å². The quantitative estimate of drug-likeness (QED) is 0.271.